The van der Waals surface area contributed by atoms with Gasteiger partial charge in [-0.25, -0.2) is 0 Å². The second-order valence-corrected chi connectivity index (χ2v) is 4.61. The highest BCUT2D eigenvalue weighted by Crippen LogP contribution is 2.22. The monoisotopic (exact) mass is 289 g/mol. The number of anilines is 1. The van der Waals surface area contributed by atoms with Crippen LogP contribution < -0.4 is 14.8 Å². The van der Waals surface area contributed by atoms with Gasteiger partial charge in [0.25, 0.3) is 0 Å². The fourth-order valence-electron chi connectivity index (χ4n) is 1.56. The van der Waals surface area contributed by atoms with Crippen LogP contribution in [0.1, 0.15) is 26.5 Å². The lowest BCUT2D eigenvalue weighted by atomic mass is 10.3. The predicted molar refractivity (Wildman–Crippen MR) is 78.8 cm³/mol. The second kappa shape index (κ2) is 6.83. The zero-order valence-corrected chi connectivity index (χ0v) is 12.6. The maximum absolute atomic E-state index is 5.67. The standard InChI is InChI=1S/C14H19N5O2/c1-5-15-12-17-13(20-9(2)3)19-14(18-12)21-11-7-6-8-16-10(11)4/h6-9H,5H2,1-4H3,(H,15,17,18,19). The van der Waals surface area contributed by atoms with Gasteiger partial charge in [0.2, 0.25) is 5.95 Å². The van der Waals surface area contributed by atoms with Gasteiger partial charge in [-0.3, -0.25) is 4.98 Å². The molecule has 0 atom stereocenters. The van der Waals surface area contributed by atoms with Crippen LogP contribution in [0.3, 0.4) is 0 Å². The molecule has 21 heavy (non-hydrogen) atoms. The van der Waals surface area contributed by atoms with E-state index in [0.717, 1.165) is 5.69 Å². The highest BCUT2D eigenvalue weighted by atomic mass is 16.5. The van der Waals surface area contributed by atoms with Crippen LogP contribution >= 0.6 is 0 Å². The van der Waals surface area contributed by atoms with E-state index < -0.39 is 0 Å². The Morgan fingerprint density at radius 2 is 1.95 bits per heavy atom. The molecule has 2 heterocycles. The molecule has 0 bridgehead atoms. The minimum Gasteiger partial charge on any atom is -0.461 e. The fraction of sp³-hybridized carbons (Fsp3) is 0.429. The van der Waals surface area contributed by atoms with E-state index in [2.05, 4.69) is 25.3 Å². The number of ether oxygens (including phenoxy) is 2. The Bertz CT molecular complexity index is 604. The minimum atomic E-state index is -0.0325. The molecule has 7 nitrogen and oxygen atoms in total. The van der Waals surface area contributed by atoms with Gasteiger partial charge >= 0.3 is 12.0 Å². The molecule has 2 aromatic rings. The van der Waals surface area contributed by atoms with Crippen molar-refractivity contribution >= 4 is 5.95 Å². The van der Waals surface area contributed by atoms with E-state index in [1.54, 1.807) is 12.3 Å². The third kappa shape index (κ3) is 4.27. The van der Waals surface area contributed by atoms with Crippen LogP contribution in [0, 0.1) is 6.92 Å². The quantitative estimate of drug-likeness (QED) is 0.875. The molecule has 0 aliphatic carbocycles. The summed E-state index contributed by atoms with van der Waals surface area (Å²) in [7, 11) is 0. The summed E-state index contributed by atoms with van der Waals surface area (Å²) in [5.41, 5.74) is 0.759. The van der Waals surface area contributed by atoms with Gasteiger partial charge in [-0.1, -0.05) is 0 Å². The first-order valence-corrected chi connectivity index (χ1v) is 6.84. The van der Waals surface area contributed by atoms with Crippen LogP contribution in [-0.4, -0.2) is 32.6 Å². The van der Waals surface area contributed by atoms with E-state index >= 15 is 0 Å². The summed E-state index contributed by atoms with van der Waals surface area (Å²) in [6, 6.07) is 4.00. The molecule has 0 unspecified atom stereocenters. The van der Waals surface area contributed by atoms with E-state index in [0.29, 0.717) is 18.2 Å². The average Bonchev–Trinajstić information content (AvgIpc) is 2.41. The molecule has 0 radical (unpaired) electrons. The molecule has 0 saturated heterocycles. The summed E-state index contributed by atoms with van der Waals surface area (Å²) in [4.78, 5) is 16.7. The SMILES string of the molecule is CCNc1nc(Oc2cccnc2C)nc(OC(C)C)n1. The van der Waals surface area contributed by atoms with Gasteiger partial charge in [0.15, 0.2) is 5.75 Å². The second-order valence-electron chi connectivity index (χ2n) is 4.61. The van der Waals surface area contributed by atoms with Gasteiger partial charge in [0.05, 0.1) is 11.8 Å². The van der Waals surface area contributed by atoms with Crippen LogP contribution in [-0.2, 0) is 0 Å². The van der Waals surface area contributed by atoms with Crippen molar-refractivity contribution < 1.29 is 9.47 Å². The van der Waals surface area contributed by atoms with Gasteiger partial charge < -0.3 is 14.8 Å². The molecular formula is C14H19N5O2. The molecule has 112 valence electrons. The van der Waals surface area contributed by atoms with Crippen LogP contribution in [0.25, 0.3) is 0 Å². The summed E-state index contributed by atoms with van der Waals surface area (Å²) >= 11 is 0. The molecule has 1 N–H and O–H groups in total. The van der Waals surface area contributed by atoms with E-state index in [9.17, 15) is 0 Å². The predicted octanol–water partition coefficient (Wildman–Crippen LogP) is 2.59. The van der Waals surface area contributed by atoms with E-state index in [-0.39, 0.29) is 18.1 Å². The Labute approximate surface area is 123 Å². The third-order valence-electron chi connectivity index (χ3n) is 2.43. The summed E-state index contributed by atoms with van der Waals surface area (Å²) < 4.78 is 11.2. The highest BCUT2D eigenvalue weighted by Gasteiger charge is 2.11. The number of hydrogen-bond donors (Lipinski definition) is 1. The van der Waals surface area contributed by atoms with E-state index in [1.807, 2.05) is 33.8 Å². The molecule has 0 amide bonds. The van der Waals surface area contributed by atoms with Gasteiger partial charge in [-0.05, 0) is 39.8 Å². The topological polar surface area (TPSA) is 82.1 Å². The van der Waals surface area contributed by atoms with Crippen molar-refractivity contribution in [2.24, 2.45) is 0 Å². The molecule has 7 heteroatoms. The molecule has 2 aromatic heterocycles. The Kier molecular flexibility index (Phi) is 4.86. The number of pyridine rings is 1. The first-order valence-electron chi connectivity index (χ1n) is 6.84. The van der Waals surface area contributed by atoms with Crippen LogP contribution in [0.2, 0.25) is 0 Å². The largest absolute Gasteiger partial charge is 0.461 e. The Morgan fingerprint density at radius 1 is 1.19 bits per heavy atom. The summed E-state index contributed by atoms with van der Waals surface area (Å²) in [6.45, 7) is 8.31. The Hall–Kier alpha value is -2.44. The number of hydrogen-bond acceptors (Lipinski definition) is 7. The molecule has 0 spiro atoms. The maximum atomic E-state index is 5.67. The Balaban J connectivity index is 2.29. The lowest BCUT2D eigenvalue weighted by Gasteiger charge is -2.11. The molecule has 0 aromatic carbocycles. The lowest BCUT2D eigenvalue weighted by Crippen LogP contribution is -2.12. The van der Waals surface area contributed by atoms with Crippen molar-refractivity contribution in [1.29, 1.82) is 0 Å². The zero-order chi connectivity index (χ0) is 15.2. The first-order chi connectivity index (χ1) is 10.1. The molecule has 2 rings (SSSR count). The van der Waals surface area contributed by atoms with Gasteiger partial charge in [-0.15, -0.1) is 4.98 Å². The number of nitrogens with zero attached hydrogens (tertiary/aromatic N) is 4. The summed E-state index contributed by atoms with van der Waals surface area (Å²) in [6.07, 6.45) is 1.67. The van der Waals surface area contributed by atoms with Crippen LogP contribution in [0.15, 0.2) is 18.3 Å². The minimum absolute atomic E-state index is 0.0325. The highest BCUT2D eigenvalue weighted by molar-refractivity contribution is 5.31. The fourth-order valence-corrected chi connectivity index (χ4v) is 1.56. The number of aryl methyl sites for hydroxylation is 1. The number of rotatable bonds is 6. The summed E-state index contributed by atoms with van der Waals surface area (Å²) in [5, 5.41) is 3.02. The van der Waals surface area contributed by atoms with Crippen molar-refractivity contribution in [3.63, 3.8) is 0 Å². The van der Waals surface area contributed by atoms with Gasteiger partial charge in [-0.2, -0.15) is 9.97 Å². The maximum Gasteiger partial charge on any atom is 0.330 e. The average molecular weight is 289 g/mol. The van der Waals surface area contributed by atoms with E-state index in [4.69, 9.17) is 9.47 Å². The van der Waals surface area contributed by atoms with Crippen LogP contribution in [0.5, 0.6) is 17.8 Å². The lowest BCUT2D eigenvalue weighted by molar-refractivity contribution is 0.218. The van der Waals surface area contributed by atoms with Crippen molar-refractivity contribution in [2.75, 3.05) is 11.9 Å². The Morgan fingerprint density at radius 3 is 2.62 bits per heavy atom. The van der Waals surface area contributed by atoms with Crippen molar-refractivity contribution in [3.8, 4) is 17.8 Å². The number of nitrogens with one attached hydrogen (secondary N) is 1. The molecule has 0 fully saturated rings. The van der Waals surface area contributed by atoms with Crippen molar-refractivity contribution in [2.45, 2.75) is 33.8 Å². The van der Waals surface area contributed by atoms with Crippen molar-refractivity contribution in [3.05, 3.63) is 24.0 Å². The molecule has 0 aliphatic rings. The number of aromatic nitrogens is 4. The molecule has 0 saturated carbocycles. The third-order valence-corrected chi connectivity index (χ3v) is 2.43. The summed E-state index contributed by atoms with van der Waals surface area (Å²) in [5.74, 6) is 1.02. The first kappa shape index (κ1) is 15.0. The zero-order valence-electron chi connectivity index (χ0n) is 12.6. The van der Waals surface area contributed by atoms with Crippen molar-refractivity contribution in [1.82, 2.24) is 19.9 Å². The molecular weight excluding hydrogens is 270 g/mol. The normalized spacial score (nSPS) is 10.5. The molecule has 0 aliphatic heterocycles. The van der Waals surface area contributed by atoms with Crippen LogP contribution in [0.4, 0.5) is 5.95 Å². The van der Waals surface area contributed by atoms with E-state index in [1.165, 1.54) is 0 Å². The van der Waals surface area contributed by atoms with Gasteiger partial charge in [0, 0.05) is 12.7 Å². The van der Waals surface area contributed by atoms with Gasteiger partial charge in [0.1, 0.15) is 0 Å². The smallest absolute Gasteiger partial charge is 0.330 e.